The molecule has 4 nitrogen and oxygen atoms in total. The monoisotopic (exact) mass is 285 g/mol. The van der Waals surface area contributed by atoms with Crippen molar-refractivity contribution in [2.24, 2.45) is 11.8 Å². The Kier molecular flexibility index (Phi) is 6.75. The van der Waals surface area contributed by atoms with Crippen LogP contribution in [0.4, 0.5) is 0 Å². The third-order valence-electron chi connectivity index (χ3n) is 4.69. The summed E-state index contributed by atoms with van der Waals surface area (Å²) in [5.41, 5.74) is 0. The molecule has 1 aliphatic heterocycles. The molecule has 0 bridgehead atoms. The zero-order valence-electron chi connectivity index (χ0n) is 13.0. The van der Waals surface area contributed by atoms with E-state index >= 15 is 0 Å². The van der Waals surface area contributed by atoms with Crippen molar-refractivity contribution in [3.63, 3.8) is 0 Å². The number of ether oxygens (including phenoxy) is 2. The van der Waals surface area contributed by atoms with Gasteiger partial charge in [-0.2, -0.15) is 0 Å². The summed E-state index contributed by atoms with van der Waals surface area (Å²) >= 11 is 0. The second kappa shape index (κ2) is 8.32. The molecule has 1 aliphatic carbocycles. The maximum Gasteiger partial charge on any atom is 0.0897 e. The Morgan fingerprint density at radius 3 is 2.85 bits per heavy atom. The lowest BCUT2D eigenvalue weighted by atomic mass is 9.80. The molecule has 0 spiro atoms. The van der Waals surface area contributed by atoms with Crippen LogP contribution in [0.5, 0.6) is 0 Å². The van der Waals surface area contributed by atoms with Gasteiger partial charge < -0.3 is 19.9 Å². The van der Waals surface area contributed by atoms with E-state index in [4.69, 9.17) is 9.47 Å². The van der Waals surface area contributed by atoms with Gasteiger partial charge in [0.2, 0.25) is 0 Å². The van der Waals surface area contributed by atoms with Crippen LogP contribution in [0, 0.1) is 11.8 Å². The summed E-state index contributed by atoms with van der Waals surface area (Å²) in [5.74, 6) is 1.56. The molecule has 2 rings (SSSR count). The predicted molar refractivity (Wildman–Crippen MR) is 79.8 cm³/mol. The van der Waals surface area contributed by atoms with Gasteiger partial charge >= 0.3 is 0 Å². The van der Waals surface area contributed by atoms with Crippen LogP contribution in [0.15, 0.2) is 0 Å². The number of hydrogen-bond donors (Lipinski definition) is 2. The molecule has 2 N–H and O–H groups in total. The molecule has 1 saturated heterocycles. The maximum atomic E-state index is 9.96. The van der Waals surface area contributed by atoms with Gasteiger partial charge in [-0.25, -0.2) is 0 Å². The van der Waals surface area contributed by atoms with Crippen molar-refractivity contribution in [2.75, 3.05) is 26.4 Å². The average molecular weight is 285 g/mol. The lowest BCUT2D eigenvalue weighted by Gasteiger charge is -2.33. The molecule has 0 radical (unpaired) electrons. The van der Waals surface area contributed by atoms with Gasteiger partial charge in [-0.05, 0) is 43.9 Å². The van der Waals surface area contributed by atoms with Crippen LogP contribution in [0.3, 0.4) is 0 Å². The number of aliphatic hydroxyl groups is 1. The summed E-state index contributed by atoms with van der Waals surface area (Å²) in [6, 6.07) is 0.555. The summed E-state index contributed by atoms with van der Waals surface area (Å²) in [4.78, 5) is 0. The molecule has 4 heteroatoms. The first-order valence-corrected chi connectivity index (χ1v) is 8.26. The van der Waals surface area contributed by atoms with Gasteiger partial charge in [-0.1, -0.05) is 13.8 Å². The Balaban J connectivity index is 1.54. The summed E-state index contributed by atoms with van der Waals surface area (Å²) in [6.07, 6.45) is 5.88. The van der Waals surface area contributed by atoms with E-state index in [9.17, 15) is 5.11 Å². The fourth-order valence-corrected chi connectivity index (χ4v) is 3.43. The first-order valence-electron chi connectivity index (χ1n) is 8.26. The number of hydrogen-bond acceptors (Lipinski definition) is 4. The molecule has 0 aromatic rings. The topological polar surface area (TPSA) is 50.7 Å². The van der Waals surface area contributed by atoms with E-state index in [0.29, 0.717) is 31.7 Å². The van der Waals surface area contributed by atoms with Crippen LogP contribution in [0.1, 0.15) is 46.0 Å². The van der Waals surface area contributed by atoms with E-state index in [1.54, 1.807) is 0 Å². The zero-order valence-corrected chi connectivity index (χ0v) is 13.0. The van der Waals surface area contributed by atoms with E-state index < -0.39 is 6.10 Å². The Hall–Kier alpha value is -0.160. The lowest BCUT2D eigenvalue weighted by molar-refractivity contribution is -0.0176. The van der Waals surface area contributed by atoms with Crippen molar-refractivity contribution in [3.8, 4) is 0 Å². The molecule has 0 amide bonds. The molecule has 2 fully saturated rings. The Morgan fingerprint density at radius 1 is 1.30 bits per heavy atom. The number of nitrogens with one attached hydrogen (secondary N) is 1. The van der Waals surface area contributed by atoms with Crippen LogP contribution < -0.4 is 5.32 Å². The van der Waals surface area contributed by atoms with Crippen LogP contribution >= 0.6 is 0 Å². The van der Waals surface area contributed by atoms with Crippen LogP contribution in [0.25, 0.3) is 0 Å². The minimum Gasteiger partial charge on any atom is -0.389 e. The highest BCUT2D eigenvalue weighted by atomic mass is 16.5. The second-order valence-corrected chi connectivity index (χ2v) is 6.74. The highest BCUT2D eigenvalue weighted by Gasteiger charge is 2.25. The van der Waals surface area contributed by atoms with Gasteiger partial charge in [-0.3, -0.25) is 0 Å². The minimum absolute atomic E-state index is 0.245. The first-order chi connectivity index (χ1) is 9.65. The second-order valence-electron chi connectivity index (χ2n) is 6.74. The van der Waals surface area contributed by atoms with Crippen LogP contribution in [-0.2, 0) is 9.47 Å². The standard InChI is InChI=1S/C16H31NO3/c1-12-5-6-16(13(2)8-12)17-9-14(18)10-19-11-15-4-3-7-20-15/h12-18H,3-11H2,1-2H3. The van der Waals surface area contributed by atoms with Crippen molar-refractivity contribution < 1.29 is 14.6 Å². The van der Waals surface area contributed by atoms with Crippen molar-refractivity contribution >= 4 is 0 Å². The molecule has 118 valence electrons. The van der Waals surface area contributed by atoms with E-state index in [1.807, 2.05) is 0 Å². The third kappa shape index (κ3) is 5.32. The van der Waals surface area contributed by atoms with Crippen molar-refractivity contribution in [3.05, 3.63) is 0 Å². The average Bonchev–Trinajstić information content (AvgIpc) is 2.91. The normalized spacial score (nSPS) is 36.1. The molecule has 5 atom stereocenters. The largest absolute Gasteiger partial charge is 0.389 e. The van der Waals surface area contributed by atoms with Gasteiger partial charge in [0.15, 0.2) is 0 Å². The molecule has 1 heterocycles. The summed E-state index contributed by atoms with van der Waals surface area (Å²) in [5, 5.41) is 13.5. The molecule has 0 aromatic heterocycles. The molecule has 5 unspecified atom stereocenters. The van der Waals surface area contributed by atoms with E-state index in [1.165, 1.54) is 19.3 Å². The highest BCUT2D eigenvalue weighted by Crippen LogP contribution is 2.28. The summed E-state index contributed by atoms with van der Waals surface area (Å²) < 4.78 is 11.0. The molecule has 20 heavy (non-hydrogen) atoms. The first kappa shape index (κ1) is 16.2. The molecule has 0 aromatic carbocycles. The molecular weight excluding hydrogens is 254 g/mol. The van der Waals surface area contributed by atoms with Crippen molar-refractivity contribution in [2.45, 2.75) is 64.2 Å². The fraction of sp³-hybridized carbons (Fsp3) is 1.00. The predicted octanol–water partition coefficient (Wildman–Crippen LogP) is 1.96. The Labute approximate surface area is 123 Å². The maximum absolute atomic E-state index is 9.96. The number of aliphatic hydroxyl groups excluding tert-OH is 1. The van der Waals surface area contributed by atoms with Gasteiger partial charge in [0.1, 0.15) is 0 Å². The van der Waals surface area contributed by atoms with Crippen molar-refractivity contribution in [1.29, 1.82) is 0 Å². The lowest BCUT2D eigenvalue weighted by Crippen LogP contribution is -2.43. The van der Waals surface area contributed by atoms with Gasteiger partial charge in [0.05, 0.1) is 25.4 Å². The third-order valence-corrected chi connectivity index (χ3v) is 4.69. The van der Waals surface area contributed by atoms with E-state index in [0.717, 1.165) is 25.4 Å². The minimum atomic E-state index is -0.414. The Morgan fingerprint density at radius 2 is 2.15 bits per heavy atom. The molecular formula is C16H31NO3. The SMILES string of the molecule is CC1CCC(NCC(O)COCC2CCCO2)C(C)C1. The van der Waals surface area contributed by atoms with Gasteiger partial charge in [0, 0.05) is 19.2 Å². The summed E-state index contributed by atoms with van der Waals surface area (Å²) in [6.45, 7) is 7.16. The van der Waals surface area contributed by atoms with Gasteiger partial charge in [-0.15, -0.1) is 0 Å². The van der Waals surface area contributed by atoms with Crippen molar-refractivity contribution in [1.82, 2.24) is 5.32 Å². The van der Waals surface area contributed by atoms with Crippen LogP contribution in [-0.4, -0.2) is 49.7 Å². The highest BCUT2D eigenvalue weighted by molar-refractivity contribution is 4.81. The molecule has 1 saturated carbocycles. The zero-order chi connectivity index (χ0) is 14.4. The van der Waals surface area contributed by atoms with E-state index in [-0.39, 0.29) is 6.10 Å². The smallest absolute Gasteiger partial charge is 0.0897 e. The quantitative estimate of drug-likeness (QED) is 0.751. The van der Waals surface area contributed by atoms with E-state index in [2.05, 4.69) is 19.2 Å². The Bertz CT molecular complexity index is 268. The summed E-state index contributed by atoms with van der Waals surface area (Å²) in [7, 11) is 0. The molecule has 2 aliphatic rings. The van der Waals surface area contributed by atoms with Crippen LogP contribution in [0.2, 0.25) is 0 Å². The number of rotatable bonds is 7. The fourth-order valence-electron chi connectivity index (χ4n) is 3.43. The van der Waals surface area contributed by atoms with Gasteiger partial charge in [0.25, 0.3) is 0 Å².